The predicted molar refractivity (Wildman–Crippen MR) is 99.8 cm³/mol. The number of carbonyl (C=O) groups excluding carboxylic acids is 1. The van der Waals surface area contributed by atoms with E-state index in [2.05, 4.69) is 38.6 Å². The van der Waals surface area contributed by atoms with Crippen LogP contribution in [0.3, 0.4) is 0 Å². The normalized spacial score (nSPS) is 16.8. The minimum atomic E-state index is 0.0845. The second kappa shape index (κ2) is 7.25. The van der Waals surface area contributed by atoms with Gasteiger partial charge in [-0.15, -0.1) is 22.0 Å². The molecule has 3 aromatic rings. The Kier molecular flexibility index (Phi) is 4.66. The van der Waals surface area contributed by atoms with E-state index in [4.69, 9.17) is 0 Å². The second-order valence-electron chi connectivity index (χ2n) is 6.19. The Morgan fingerprint density at radius 1 is 1.31 bits per heavy atom. The first kappa shape index (κ1) is 16.7. The van der Waals surface area contributed by atoms with Crippen LogP contribution in [0.5, 0.6) is 0 Å². The van der Waals surface area contributed by atoms with Crippen LogP contribution in [0.15, 0.2) is 47.5 Å². The highest BCUT2D eigenvalue weighted by Gasteiger charge is 2.24. The molecule has 0 aliphatic carbocycles. The highest BCUT2D eigenvalue weighted by molar-refractivity contribution is 8.00. The van der Waals surface area contributed by atoms with E-state index in [9.17, 15) is 4.79 Å². The summed E-state index contributed by atoms with van der Waals surface area (Å²) >= 11 is 1.83. The van der Waals surface area contributed by atoms with Crippen molar-refractivity contribution in [2.45, 2.75) is 29.9 Å². The van der Waals surface area contributed by atoms with E-state index in [0.717, 1.165) is 29.1 Å². The number of pyridine rings is 1. The van der Waals surface area contributed by atoms with E-state index in [1.807, 2.05) is 47.0 Å². The molecule has 4 rings (SSSR count). The molecular weight excluding hydrogens is 348 g/mol. The van der Waals surface area contributed by atoms with Gasteiger partial charge in [0.05, 0.1) is 12.1 Å². The summed E-state index contributed by atoms with van der Waals surface area (Å²) in [5, 5.41) is 14.2. The zero-order valence-corrected chi connectivity index (χ0v) is 15.1. The van der Waals surface area contributed by atoms with Crippen LogP contribution in [0.4, 0.5) is 5.69 Å². The maximum Gasteiger partial charge on any atom is 0.231 e. The molecule has 3 heterocycles. The Morgan fingerprint density at radius 2 is 2.19 bits per heavy atom. The summed E-state index contributed by atoms with van der Waals surface area (Å²) in [6.45, 7) is 2.94. The number of rotatable bonds is 3. The Hall–Kier alpha value is -2.74. The summed E-state index contributed by atoms with van der Waals surface area (Å²) in [5.41, 5.74) is 2.49. The van der Waals surface area contributed by atoms with Crippen molar-refractivity contribution < 1.29 is 4.79 Å². The fraction of sp³-hybridized carbons (Fsp3) is 0.278. The molecule has 0 saturated heterocycles. The topological polar surface area (TPSA) is 87.7 Å². The molecule has 0 spiro atoms. The Morgan fingerprint density at radius 3 is 2.96 bits per heavy atom. The highest BCUT2D eigenvalue weighted by Crippen LogP contribution is 2.37. The standard InChI is InChI=1S/C18H18N6OS/c1-12-8-9-24(15-4-2-3-5-16(15)26-12)17(25)10-13-6-7-14(19-11-13)18-20-22-23-21-18/h2-7,11-12H,8-10H2,1H3,(H,20,21,22,23). The monoisotopic (exact) mass is 366 g/mol. The maximum absolute atomic E-state index is 13.0. The van der Waals surface area contributed by atoms with Gasteiger partial charge in [0.25, 0.3) is 0 Å². The maximum atomic E-state index is 13.0. The average molecular weight is 366 g/mol. The van der Waals surface area contributed by atoms with Crippen LogP contribution in [-0.4, -0.2) is 43.3 Å². The van der Waals surface area contributed by atoms with Crippen LogP contribution in [-0.2, 0) is 11.2 Å². The zero-order chi connectivity index (χ0) is 17.9. The number of para-hydroxylation sites is 1. The first-order valence-electron chi connectivity index (χ1n) is 8.45. The van der Waals surface area contributed by atoms with Gasteiger partial charge in [0.1, 0.15) is 5.69 Å². The van der Waals surface area contributed by atoms with Crippen LogP contribution in [0.1, 0.15) is 18.9 Å². The number of amides is 1. The third-order valence-corrected chi connectivity index (χ3v) is 5.54. The number of hydrogen-bond donors (Lipinski definition) is 1. The lowest BCUT2D eigenvalue weighted by Crippen LogP contribution is -2.33. The minimum Gasteiger partial charge on any atom is -0.311 e. The lowest BCUT2D eigenvalue weighted by molar-refractivity contribution is -0.118. The average Bonchev–Trinajstić information content (AvgIpc) is 3.12. The highest BCUT2D eigenvalue weighted by atomic mass is 32.2. The summed E-state index contributed by atoms with van der Waals surface area (Å²) in [5.74, 6) is 0.525. The minimum absolute atomic E-state index is 0.0845. The van der Waals surface area contributed by atoms with Gasteiger partial charge in [0, 0.05) is 22.9 Å². The number of tetrazole rings is 1. The number of H-pyrrole nitrogens is 1. The molecule has 7 nitrogen and oxygen atoms in total. The van der Waals surface area contributed by atoms with Gasteiger partial charge in [0.15, 0.2) is 0 Å². The number of nitrogens with one attached hydrogen (secondary N) is 1. The molecule has 0 radical (unpaired) electrons. The van der Waals surface area contributed by atoms with Gasteiger partial charge in [0.2, 0.25) is 11.7 Å². The third-order valence-electron chi connectivity index (χ3n) is 4.30. The lowest BCUT2D eigenvalue weighted by atomic mass is 10.1. The van der Waals surface area contributed by atoms with E-state index in [0.29, 0.717) is 23.2 Å². The number of aromatic amines is 1. The smallest absolute Gasteiger partial charge is 0.231 e. The van der Waals surface area contributed by atoms with E-state index >= 15 is 0 Å². The Bertz CT molecular complexity index is 896. The third kappa shape index (κ3) is 3.45. The van der Waals surface area contributed by atoms with Crippen molar-refractivity contribution in [3.63, 3.8) is 0 Å². The van der Waals surface area contributed by atoms with Crippen molar-refractivity contribution in [2.24, 2.45) is 0 Å². The molecule has 1 N–H and O–H groups in total. The van der Waals surface area contributed by atoms with Gasteiger partial charge in [-0.2, -0.15) is 5.21 Å². The largest absolute Gasteiger partial charge is 0.311 e. The van der Waals surface area contributed by atoms with Crippen LogP contribution in [0.2, 0.25) is 0 Å². The molecule has 1 aliphatic rings. The number of anilines is 1. The summed E-state index contributed by atoms with van der Waals surface area (Å²) in [6, 6.07) is 11.8. The molecule has 0 fully saturated rings. The number of thioether (sulfide) groups is 1. The van der Waals surface area contributed by atoms with Crippen LogP contribution >= 0.6 is 11.8 Å². The van der Waals surface area contributed by atoms with E-state index in [1.54, 1.807) is 6.20 Å². The van der Waals surface area contributed by atoms with Crippen molar-refractivity contribution in [3.05, 3.63) is 48.2 Å². The number of carbonyl (C=O) groups is 1. The first-order chi connectivity index (χ1) is 12.7. The fourth-order valence-corrected chi connectivity index (χ4v) is 4.06. The zero-order valence-electron chi connectivity index (χ0n) is 14.3. The molecule has 1 unspecified atom stereocenters. The Balaban J connectivity index is 1.53. The van der Waals surface area contributed by atoms with Crippen molar-refractivity contribution in [3.8, 4) is 11.5 Å². The summed E-state index contributed by atoms with van der Waals surface area (Å²) in [7, 11) is 0. The second-order valence-corrected chi connectivity index (χ2v) is 7.67. The molecular formula is C18H18N6OS. The molecule has 8 heteroatoms. The molecule has 1 aliphatic heterocycles. The van der Waals surface area contributed by atoms with E-state index in [-0.39, 0.29) is 5.91 Å². The molecule has 132 valence electrons. The molecule has 2 aromatic heterocycles. The van der Waals surface area contributed by atoms with Crippen LogP contribution in [0, 0.1) is 0 Å². The number of hydrogen-bond acceptors (Lipinski definition) is 6. The first-order valence-corrected chi connectivity index (χ1v) is 9.33. The van der Waals surface area contributed by atoms with Crippen molar-refractivity contribution in [1.29, 1.82) is 0 Å². The quantitative estimate of drug-likeness (QED) is 0.767. The van der Waals surface area contributed by atoms with Gasteiger partial charge >= 0.3 is 0 Å². The number of aromatic nitrogens is 5. The SMILES string of the molecule is CC1CCN(C(=O)Cc2ccc(-c3nn[nH]n3)nc2)c2ccccc2S1. The van der Waals surface area contributed by atoms with Crippen LogP contribution < -0.4 is 4.90 Å². The van der Waals surface area contributed by atoms with Crippen LogP contribution in [0.25, 0.3) is 11.5 Å². The molecule has 0 bridgehead atoms. The van der Waals surface area contributed by atoms with E-state index < -0.39 is 0 Å². The van der Waals surface area contributed by atoms with Crippen molar-refractivity contribution in [2.75, 3.05) is 11.4 Å². The summed E-state index contributed by atoms with van der Waals surface area (Å²) in [6.07, 6.45) is 2.98. The molecule has 1 aromatic carbocycles. The molecule has 0 saturated carbocycles. The predicted octanol–water partition coefficient (Wildman–Crippen LogP) is 2.72. The van der Waals surface area contributed by atoms with Gasteiger partial charge in [-0.3, -0.25) is 9.78 Å². The lowest BCUT2D eigenvalue weighted by Gasteiger charge is -2.22. The van der Waals surface area contributed by atoms with Gasteiger partial charge in [-0.1, -0.05) is 25.1 Å². The van der Waals surface area contributed by atoms with E-state index in [1.165, 1.54) is 0 Å². The fourth-order valence-electron chi connectivity index (χ4n) is 2.95. The molecule has 26 heavy (non-hydrogen) atoms. The van der Waals surface area contributed by atoms with Gasteiger partial charge in [-0.25, -0.2) is 0 Å². The Labute approximate surface area is 155 Å². The van der Waals surface area contributed by atoms with Crippen molar-refractivity contribution in [1.82, 2.24) is 25.6 Å². The van der Waals surface area contributed by atoms with Gasteiger partial charge in [-0.05, 0) is 35.4 Å². The summed E-state index contributed by atoms with van der Waals surface area (Å²) in [4.78, 5) is 20.4. The van der Waals surface area contributed by atoms with Gasteiger partial charge < -0.3 is 4.90 Å². The number of nitrogens with zero attached hydrogens (tertiary/aromatic N) is 5. The number of fused-ring (bicyclic) bond motifs is 1. The molecule has 1 atom stereocenters. The number of benzene rings is 1. The molecule has 1 amide bonds. The summed E-state index contributed by atoms with van der Waals surface area (Å²) < 4.78 is 0. The van der Waals surface area contributed by atoms with Crippen molar-refractivity contribution >= 4 is 23.4 Å².